The number of para-hydroxylation sites is 1. The van der Waals surface area contributed by atoms with Crippen LogP contribution in [0.1, 0.15) is 32.3 Å². The first-order valence-corrected chi connectivity index (χ1v) is 10.8. The van der Waals surface area contributed by atoms with E-state index in [0.29, 0.717) is 17.8 Å². The Morgan fingerprint density at radius 1 is 1.22 bits per heavy atom. The molecule has 2 aliphatic heterocycles. The van der Waals surface area contributed by atoms with Gasteiger partial charge in [0.25, 0.3) is 5.69 Å². The van der Waals surface area contributed by atoms with Gasteiger partial charge in [-0.25, -0.2) is 4.79 Å². The molecule has 2 aromatic carbocycles. The highest BCUT2D eigenvalue weighted by Gasteiger charge is 2.33. The molecule has 3 aromatic rings. The van der Waals surface area contributed by atoms with Gasteiger partial charge in [0.1, 0.15) is 11.7 Å². The fourth-order valence-corrected chi connectivity index (χ4v) is 4.53. The zero-order valence-corrected chi connectivity index (χ0v) is 18.1. The van der Waals surface area contributed by atoms with E-state index < -0.39 is 10.7 Å². The lowest BCUT2D eigenvalue weighted by molar-refractivity contribution is -0.384. The first kappa shape index (κ1) is 20.6. The average Bonchev–Trinajstić information content (AvgIpc) is 3.24. The number of rotatable bonds is 5. The van der Waals surface area contributed by atoms with Crippen molar-refractivity contribution in [3.05, 3.63) is 62.6 Å². The van der Waals surface area contributed by atoms with E-state index in [0.717, 1.165) is 43.9 Å². The quantitative estimate of drug-likeness (QED) is 0.441. The summed E-state index contributed by atoms with van der Waals surface area (Å²) in [5, 5.41) is 11.1. The van der Waals surface area contributed by atoms with E-state index in [1.54, 1.807) is 0 Å². The molecule has 0 unspecified atom stereocenters. The molecule has 9 heteroatoms. The third-order valence-electron chi connectivity index (χ3n) is 6.09. The van der Waals surface area contributed by atoms with Gasteiger partial charge in [0.05, 0.1) is 17.1 Å². The van der Waals surface area contributed by atoms with Gasteiger partial charge in [-0.15, -0.1) is 0 Å². The number of nitro benzene ring substituents is 1. The zero-order chi connectivity index (χ0) is 22.5. The van der Waals surface area contributed by atoms with Crippen LogP contribution < -0.4 is 15.2 Å². The summed E-state index contributed by atoms with van der Waals surface area (Å²) < 4.78 is 19.1. The van der Waals surface area contributed by atoms with Gasteiger partial charge in [-0.05, 0) is 38.8 Å². The van der Waals surface area contributed by atoms with E-state index in [4.69, 9.17) is 13.9 Å². The molecule has 5 rings (SSSR count). The number of nitro groups is 1. The predicted molar refractivity (Wildman–Crippen MR) is 117 cm³/mol. The topological polar surface area (TPSA) is 100.0 Å². The molecule has 0 bridgehead atoms. The van der Waals surface area contributed by atoms with Crippen molar-refractivity contribution in [2.75, 3.05) is 13.1 Å². The number of aromatic nitrogens is 1. The van der Waals surface area contributed by atoms with Gasteiger partial charge in [-0.2, -0.15) is 0 Å². The van der Waals surface area contributed by atoms with Crippen molar-refractivity contribution in [2.24, 2.45) is 0 Å². The second-order valence-electron chi connectivity index (χ2n) is 9.06. The van der Waals surface area contributed by atoms with Crippen molar-refractivity contribution in [2.45, 2.75) is 51.5 Å². The highest BCUT2D eigenvalue weighted by molar-refractivity contribution is 5.75. The lowest BCUT2D eigenvalue weighted by atomic mass is 10.0. The van der Waals surface area contributed by atoms with Crippen LogP contribution in [-0.2, 0) is 13.1 Å². The molecule has 3 heterocycles. The Balaban J connectivity index is 1.25. The van der Waals surface area contributed by atoms with Crippen LogP contribution in [-0.4, -0.2) is 39.2 Å². The third-order valence-corrected chi connectivity index (χ3v) is 6.09. The number of hydrogen-bond acceptors (Lipinski definition) is 7. The summed E-state index contributed by atoms with van der Waals surface area (Å²) in [5.74, 6) is 1.12. The van der Waals surface area contributed by atoms with Crippen molar-refractivity contribution < 1.29 is 18.8 Å². The number of oxazole rings is 1. The lowest BCUT2D eigenvalue weighted by Crippen LogP contribution is -2.40. The molecule has 1 aromatic heterocycles. The van der Waals surface area contributed by atoms with Crippen LogP contribution >= 0.6 is 0 Å². The molecule has 1 saturated heterocycles. The van der Waals surface area contributed by atoms with Crippen molar-refractivity contribution >= 4 is 16.8 Å². The fourth-order valence-electron chi connectivity index (χ4n) is 4.53. The number of nitrogens with zero attached hydrogens (tertiary/aromatic N) is 3. The van der Waals surface area contributed by atoms with Crippen molar-refractivity contribution in [1.29, 1.82) is 0 Å². The third kappa shape index (κ3) is 3.84. The molecule has 0 saturated carbocycles. The molecule has 0 amide bonds. The maximum absolute atomic E-state index is 12.3. The predicted octanol–water partition coefficient (Wildman–Crippen LogP) is 3.72. The highest BCUT2D eigenvalue weighted by atomic mass is 16.6. The smallest absolute Gasteiger partial charge is 0.421 e. The van der Waals surface area contributed by atoms with Gasteiger partial charge in [-0.1, -0.05) is 12.1 Å². The van der Waals surface area contributed by atoms with E-state index in [2.05, 4.69) is 24.8 Å². The minimum absolute atomic E-state index is 0.0592. The monoisotopic (exact) mass is 439 g/mol. The molecule has 0 N–H and O–H groups in total. The maximum atomic E-state index is 12.3. The lowest BCUT2D eigenvalue weighted by Gasteiger charge is -2.32. The van der Waals surface area contributed by atoms with Crippen molar-refractivity contribution in [3.63, 3.8) is 0 Å². The number of benzene rings is 2. The van der Waals surface area contributed by atoms with Crippen molar-refractivity contribution in [3.8, 4) is 11.5 Å². The van der Waals surface area contributed by atoms with Crippen LogP contribution in [0.2, 0.25) is 0 Å². The Kier molecular flexibility index (Phi) is 4.93. The summed E-state index contributed by atoms with van der Waals surface area (Å²) in [6.07, 6.45) is 2.53. The Labute approximate surface area is 184 Å². The SMILES string of the molecule is CC1(C)Cc2cccc(OC3CCN(Cn4c(=O)oc5ccc([N+](=O)[O-])cc54)CC3)c2O1. The molecule has 0 radical (unpaired) electrons. The normalized spacial score (nSPS) is 18.4. The molecule has 168 valence electrons. The van der Waals surface area contributed by atoms with Gasteiger partial charge >= 0.3 is 5.76 Å². The van der Waals surface area contributed by atoms with Gasteiger partial charge in [0, 0.05) is 37.2 Å². The van der Waals surface area contributed by atoms with Gasteiger partial charge in [0.2, 0.25) is 0 Å². The molecule has 32 heavy (non-hydrogen) atoms. The van der Waals surface area contributed by atoms with Crippen LogP contribution in [0.4, 0.5) is 5.69 Å². The van der Waals surface area contributed by atoms with Gasteiger partial charge < -0.3 is 13.9 Å². The molecular weight excluding hydrogens is 414 g/mol. The number of fused-ring (bicyclic) bond motifs is 2. The second kappa shape index (κ2) is 7.67. The Hall–Kier alpha value is -3.33. The summed E-state index contributed by atoms with van der Waals surface area (Å²) in [5.41, 5.74) is 1.66. The number of likely N-dealkylation sites (tertiary alicyclic amines) is 1. The van der Waals surface area contributed by atoms with Crippen LogP contribution in [0.15, 0.2) is 45.6 Å². The molecular formula is C23H25N3O6. The standard InChI is InChI=1S/C23H25N3O6/c1-23(2)13-15-4-3-5-20(21(15)32-23)30-17-8-10-24(11-9-17)14-25-18-12-16(26(28)29)6-7-19(18)31-22(25)27/h3-7,12,17H,8-11,13-14H2,1-2H3. The van der Waals surface area contributed by atoms with Crippen LogP contribution in [0, 0.1) is 10.1 Å². The van der Waals surface area contributed by atoms with E-state index in [1.807, 2.05) is 12.1 Å². The largest absolute Gasteiger partial charge is 0.486 e. The summed E-state index contributed by atoms with van der Waals surface area (Å²) in [7, 11) is 0. The molecule has 9 nitrogen and oxygen atoms in total. The van der Waals surface area contributed by atoms with Crippen LogP contribution in [0.3, 0.4) is 0 Å². The highest BCUT2D eigenvalue weighted by Crippen LogP contribution is 2.42. The molecule has 1 fully saturated rings. The molecule has 0 aliphatic carbocycles. The summed E-state index contributed by atoms with van der Waals surface area (Å²) in [6.45, 7) is 5.94. The van der Waals surface area contributed by atoms with Crippen LogP contribution in [0.25, 0.3) is 11.1 Å². The second-order valence-corrected chi connectivity index (χ2v) is 9.06. The van der Waals surface area contributed by atoms with E-state index in [1.165, 1.54) is 28.3 Å². The Morgan fingerprint density at radius 3 is 2.75 bits per heavy atom. The number of piperidine rings is 1. The first-order valence-electron chi connectivity index (χ1n) is 10.8. The number of hydrogen-bond donors (Lipinski definition) is 0. The summed E-state index contributed by atoms with van der Waals surface area (Å²) in [6, 6.07) is 10.2. The minimum Gasteiger partial charge on any atom is -0.486 e. The minimum atomic E-state index is -0.515. The molecule has 0 spiro atoms. The van der Waals surface area contributed by atoms with Crippen molar-refractivity contribution in [1.82, 2.24) is 9.47 Å². The summed E-state index contributed by atoms with van der Waals surface area (Å²) in [4.78, 5) is 25.1. The fraction of sp³-hybridized carbons (Fsp3) is 0.435. The zero-order valence-electron chi connectivity index (χ0n) is 18.1. The average molecular weight is 439 g/mol. The van der Waals surface area contributed by atoms with Gasteiger partial charge in [-0.3, -0.25) is 19.6 Å². The maximum Gasteiger partial charge on any atom is 0.421 e. The number of non-ortho nitro benzene ring substituents is 1. The summed E-state index contributed by atoms with van der Waals surface area (Å²) >= 11 is 0. The first-order chi connectivity index (χ1) is 15.3. The van der Waals surface area contributed by atoms with E-state index in [9.17, 15) is 14.9 Å². The molecule has 2 aliphatic rings. The Bertz CT molecular complexity index is 1240. The van der Waals surface area contributed by atoms with E-state index in [-0.39, 0.29) is 17.4 Å². The van der Waals surface area contributed by atoms with Gasteiger partial charge in [0.15, 0.2) is 17.1 Å². The Morgan fingerprint density at radius 2 is 2.00 bits per heavy atom. The van der Waals surface area contributed by atoms with E-state index >= 15 is 0 Å². The molecule has 0 atom stereocenters. The number of ether oxygens (including phenoxy) is 2. The van der Waals surface area contributed by atoms with Crippen LogP contribution in [0.5, 0.6) is 11.5 Å².